The molecule has 0 N–H and O–H groups in total. The van der Waals surface area contributed by atoms with Crippen LogP contribution in [0.2, 0.25) is 5.02 Å². The summed E-state index contributed by atoms with van der Waals surface area (Å²) in [5.74, 6) is 1.27. The molecule has 1 heterocycles. The highest BCUT2D eigenvalue weighted by Crippen LogP contribution is 2.25. The molecule has 0 aliphatic carbocycles. The third-order valence-electron chi connectivity index (χ3n) is 3.04. The predicted octanol–water partition coefficient (Wildman–Crippen LogP) is 3.05. The van der Waals surface area contributed by atoms with Crippen molar-refractivity contribution in [2.75, 3.05) is 7.11 Å². The zero-order valence-electron chi connectivity index (χ0n) is 11.4. The summed E-state index contributed by atoms with van der Waals surface area (Å²) in [4.78, 5) is 1.55. The molecular formula is C15H13ClN4O. The quantitative estimate of drug-likeness (QED) is 0.743. The SMILES string of the molecule is COc1ccccc1-c1nnn(Cc2ccc(Cl)cc2)n1. The molecule has 3 rings (SSSR count). The number of halogens is 1. The Hall–Kier alpha value is -2.40. The van der Waals surface area contributed by atoms with Crippen molar-refractivity contribution >= 4 is 11.6 Å². The van der Waals surface area contributed by atoms with Crippen LogP contribution in [0.4, 0.5) is 0 Å². The van der Waals surface area contributed by atoms with Crippen LogP contribution < -0.4 is 4.74 Å². The van der Waals surface area contributed by atoms with Crippen LogP contribution in [0.1, 0.15) is 5.56 Å². The van der Waals surface area contributed by atoms with Gasteiger partial charge in [-0.3, -0.25) is 0 Å². The number of hydrogen-bond donors (Lipinski definition) is 0. The van der Waals surface area contributed by atoms with Gasteiger partial charge in [-0.1, -0.05) is 35.9 Å². The van der Waals surface area contributed by atoms with Gasteiger partial charge in [0.25, 0.3) is 0 Å². The molecule has 0 aliphatic rings. The largest absolute Gasteiger partial charge is 0.496 e. The highest BCUT2D eigenvalue weighted by Gasteiger charge is 2.11. The summed E-state index contributed by atoms with van der Waals surface area (Å²) >= 11 is 5.87. The standard InChI is InChI=1S/C15H13ClN4O/c1-21-14-5-3-2-4-13(14)15-17-19-20(18-15)10-11-6-8-12(16)9-7-11/h2-9H,10H2,1H3. The molecule has 0 unspecified atom stereocenters. The smallest absolute Gasteiger partial charge is 0.208 e. The minimum absolute atomic E-state index is 0.541. The number of hydrogen-bond acceptors (Lipinski definition) is 4. The van der Waals surface area contributed by atoms with Crippen molar-refractivity contribution in [2.24, 2.45) is 0 Å². The van der Waals surface area contributed by atoms with Crippen LogP contribution in [0.15, 0.2) is 48.5 Å². The average Bonchev–Trinajstić information content (AvgIpc) is 2.98. The van der Waals surface area contributed by atoms with Crippen molar-refractivity contribution in [1.29, 1.82) is 0 Å². The first-order valence-corrected chi connectivity index (χ1v) is 6.80. The summed E-state index contributed by atoms with van der Waals surface area (Å²) < 4.78 is 5.31. The lowest BCUT2D eigenvalue weighted by Crippen LogP contribution is -2.03. The van der Waals surface area contributed by atoms with E-state index in [-0.39, 0.29) is 0 Å². The van der Waals surface area contributed by atoms with Gasteiger partial charge >= 0.3 is 0 Å². The first-order chi connectivity index (χ1) is 10.3. The van der Waals surface area contributed by atoms with Crippen LogP contribution in [0.25, 0.3) is 11.4 Å². The van der Waals surface area contributed by atoms with E-state index in [0.29, 0.717) is 17.4 Å². The van der Waals surface area contributed by atoms with Gasteiger partial charge in [0.05, 0.1) is 19.2 Å². The van der Waals surface area contributed by atoms with Crippen LogP contribution in [0.3, 0.4) is 0 Å². The minimum Gasteiger partial charge on any atom is -0.496 e. The molecule has 0 spiro atoms. The van der Waals surface area contributed by atoms with Crippen LogP contribution in [0, 0.1) is 0 Å². The van der Waals surface area contributed by atoms with Gasteiger partial charge in [0, 0.05) is 5.02 Å². The maximum absolute atomic E-state index is 5.87. The Balaban J connectivity index is 1.84. The molecule has 3 aromatic rings. The van der Waals surface area contributed by atoms with Crippen LogP contribution in [-0.2, 0) is 6.54 Å². The molecule has 5 nitrogen and oxygen atoms in total. The molecule has 0 bridgehead atoms. The zero-order chi connectivity index (χ0) is 14.7. The summed E-state index contributed by atoms with van der Waals surface area (Å²) in [6.07, 6.45) is 0. The molecule has 2 aromatic carbocycles. The number of rotatable bonds is 4. The van der Waals surface area contributed by atoms with Gasteiger partial charge in [0.1, 0.15) is 5.75 Å². The summed E-state index contributed by atoms with van der Waals surface area (Å²) in [5, 5.41) is 13.3. The van der Waals surface area contributed by atoms with E-state index in [1.807, 2.05) is 48.5 Å². The van der Waals surface area contributed by atoms with Crippen molar-refractivity contribution in [3.8, 4) is 17.1 Å². The van der Waals surface area contributed by atoms with Gasteiger partial charge in [0.15, 0.2) is 0 Å². The number of aromatic nitrogens is 4. The number of para-hydroxylation sites is 1. The summed E-state index contributed by atoms with van der Waals surface area (Å²) in [5.41, 5.74) is 1.88. The molecule has 106 valence electrons. The topological polar surface area (TPSA) is 52.8 Å². The van der Waals surface area contributed by atoms with Crippen molar-refractivity contribution in [2.45, 2.75) is 6.54 Å². The van der Waals surface area contributed by atoms with Crippen molar-refractivity contribution < 1.29 is 4.74 Å². The van der Waals surface area contributed by atoms with Crippen molar-refractivity contribution in [1.82, 2.24) is 20.2 Å². The first-order valence-electron chi connectivity index (χ1n) is 6.42. The molecule has 0 saturated heterocycles. The molecule has 6 heteroatoms. The fraction of sp³-hybridized carbons (Fsp3) is 0.133. The molecule has 0 saturated carbocycles. The van der Waals surface area contributed by atoms with Gasteiger partial charge in [-0.05, 0) is 35.0 Å². The van der Waals surface area contributed by atoms with Gasteiger partial charge < -0.3 is 4.74 Å². The Labute approximate surface area is 127 Å². The molecule has 0 amide bonds. The fourth-order valence-electron chi connectivity index (χ4n) is 2.00. The third-order valence-corrected chi connectivity index (χ3v) is 3.29. The van der Waals surface area contributed by atoms with E-state index in [1.54, 1.807) is 11.9 Å². The highest BCUT2D eigenvalue weighted by atomic mass is 35.5. The predicted molar refractivity (Wildman–Crippen MR) is 80.4 cm³/mol. The summed E-state index contributed by atoms with van der Waals surface area (Å²) in [7, 11) is 1.62. The van der Waals surface area contributed by atoms with Crippen molar-refractivity contribution in [3.05, 3.63) is 59.1 Å². The molecule has 0 fully saturated rings. The third kappa shape index (κ3) is 3.03. The molecule has 0 aliphatic heterocycles. The maximum Gasteiger partial charge on any atom is 0.208 e. The Bertz CT molecular complexity index is 739. The Morgan fingerprint density at radius 3 is 2.62 bits per heavy atom. The number of nitrogens with zero attached hydrogens (tertiary/aromatic N) is 4. The molecule has 1 aromatic heterocycles. The zero-order valence-corrected chi connectivity index (χ0v) is 12.2. The van der Waals surface area contributed by atoms with Crippen molar-refractivity contribution in [3.63, 3.8) is 0 Å². The highest BCUT2D eigenvalue weighted by molar-refractivity contribution is 6.30. The lowest BCUT2D eigenvalue weighted by atomic mass is 10.2. The van der Waals surface area contributed by atoms with E-state index in [2.05, 4.69) is 15.4 Å². The van der Waals surface area contributed by atoms with E-state index >= 15 is 0 Å². The maximum atomic E-state index is 5.87. The van der Waals surface area contributed by atoms with Crippen LogP contribution in [-0.4, -0.2) is 27.3 Å². The molecular weight excluding hydrogens is 288 g/mol. The lowest BCUT2D eigenvalue weighted by Gasteiger charge is -2.03. The Morgan fingerprint density at radius 2 is 1.86 bits per heavy atom. The van der Waals surface area contributed by atoms with Crippen LogP contribution in [0.5, 0.6) is 5.75 Å². The van der Waals surface area contributed by atoms with Gasteiger partial charge in [0.2, 0.25) is 5.82 Å². The van der Waals surface area contributed by atoms with Crippen LogP contribution >= 0.6 is 11.6 Å². The second-order valence-electron chi connectivity index (χ2n) is 4.47. The summed E-state index contributed by atoms with van der Waals surface area (Å²) in [6, 6.07) is 15.2. The number of methoxy groups -OCH3 is 1. The van der Waals surface area contributed by atoms with Gasteiger partial charge in [-0.15, -0.1) is 10.2 Å². The minimum atomic E-state index is 0.541. The number of tetrazole rings is 1. The fourth-order valence-corrected chi connectivity index (χ4v) is 2.13. The molecule has 0 atom stereocenters. The Morgan fingerprint density at radius 1 is 1.10 bits per heavy atom. The second kappa shape index (κ2) is 5.93. The second-order valence-corrected chi connectivity index (χ2v) is 4.91. The van der Waals surface area contributed by atoms with E-state index in [4.69, 9.17) is 16.3 Å². The monoisotopic (exact) mass is 300 g/mol. The van der Waals surface area contributed by atoms with E-state index in [0.717, 1.165) is 16.9 Å². The van der Waals surface area contributed by atoms with E-state index in [1.165, 1.54) is 0 Å². The Kier molecular flexibility index (Phi) is 3.83. The normalized spacial score (nSPS) is 10.6. The number of ether oxygens (including phenoxy) is 1. The summed E-state index contributed by atoms with van der Waals surface area (Å²) in [6.45, 7) is 0.541. The molecule has 0 radical (unpaired) electrons. The average molecular weight is 301 g/mol. The number of benzene rings is 2. The first kappa shape index (κ1) is 13.6. The van der Waals surface area contributed by atoms with E-state index in [9.17, 15) is 0 Å². The lowest BCUT2D eigenvalue weighted by molar-refractivity contribution is 0.416. The molecule has 21 heavy (non-hydrogen) atoms. The van der Waals surface area contributed by atoms with Gasteiger partial charge in [-0.2, -0.15) is 4.80 Å². The van der Waals surface area contributed by atoms with E-state index < -0.39 is 0 Å². The van der Waals surface area contributed by atoms with Gasteiger partial charge in [-0.25, -0.2) is 0 Å².